The Bertz CT molecular complexity index is 493. The van der Waals surface area contributed by atoms with Crippen LogP contribution in [0.25, 0.3) is 0 Å². The van der Waals surface area contributed by atoms with Crippen molar-refractivity contribution in [1.29, 1.82) is 0 Å². The van der Waals surface area contributed by atoms with E-state index in [0.29, 0.717) is 13.0 Å². The highest BCUT2D eigenvalue weighted by Gasteiger charge is 2.13. The summed E-state index contributed by atoms with van der Waals surface area (Å²) in [7, 11) is 1.58. The van der Waals surface area contributed by atoms with Crippen molar-refractivity contribution in [2.24, 2.45) is 5.92 Å². The second-order valence-electron chi connectivity index (χ2n) is 3.85. The molecule has 0 fully saturated rings. The second-order valence-corrected chi connectivity index (χ2v) is 7.82. The standard InChI is InChI=1S/C10H14ClNO3S2/c1-7(2)10(13)12-6-5-8-3-4-9(16-8)17(11,14)15/h3-4,7H,5-6H2,1-2H3,(H,12,13). The lowest BCUT2D eigenvalue weighted by molar-refractivity contribution is -0.123. The van der Waals surface area contributed by atoms with Gasteiger partial charge in [-0.2, -0.15) is 0 Å². The number of hydrogen-bond acceptors (Lipinski definition) is 4. The van der Waals surface area contributed by atoms with Gasteiger partial charge in [-0.15, -0.1) is 11.3 Å². The molecular formula is C10H14ClNO3S2. The molecule has 4 nitrogen and oxygen atoms in total. The molecule has 0 aliphatic heterocycles. The summed E-state index contributed by atoms with van der Waals surface area (Å²) in [6, 6.07) is 3.19. The van der Waals surface area contributed by atoms with Gasteiger partial charge in [-0.25, -0.2) is 8.42 Å². The fraction of sp³-hybridized carbons (Fsp3) is 0.500. The van der Waals surface area contributed by atoms with Crippen molar-refractivity contribution in [2.45, 2.75) is 24.5 Å². The predicted octanol–water partition coefficient (Wildman–Crippen LogP) is 1.99. The van der Waals surface area contributed by atoms with Gasteiger partial charge < -0.3 is 5.32 Å². The number of carbonyl (C=O) groups is 1. The van der Waals surface area contributed by atoms with E-state index in [4.69, 9.17) is 10.7 Å². The fourth-order valence-electron chi connectivity index (χ4n) is 1.14. The summed E-state index contributed by atoms with van der Waals surface area (Å²) >= 11 is 1.13. The highest BCUT2D eigenvalue weighted by atomic mass is 35.7. The van der Waals surface area contributed by atoms with Gasteiger partial charge in [0.25, 0.3) is 9.05 Å². The monoisotopic (exact) mass is 295 g/mol. The van der Waals surface area contributed by atoms with Crippen LogP contribution in [-0.2, 0) is 20.3 Å². The molecular weight excluding hydrogens is 282 g/mol. The van der Waals surface area contributed by atoms with Crippen LogP contribution in [0.15, 0.2) is 16.3 Å². The molecule has 0 aliphatic rings. The number of amides is 1. The lowest BCUT2D eigenvalue weighted by Crippen LogP contribution is -2.29. The van der Waals surface area contributed by atoms with Gasteiger partial charge in [0, 0.05) is 28.0 Å². The van der Waals surface area contributed by atoms with E-state index < -0.39 is 9.05 Å². The van der Waals surface area contributed by atoms with E-state index in [9.17, 15) is 13.2 Å². The van der Waals surface area contributed by atoms with Gasteiger partial charge in [-0.3, -0.25) is 4.79 Å². The van der Waals surface area contributed by atoms with Crippen LogP contribution in [0.4, 0.5) is 0 Å². The van der Waals surface area contributed by atoms with Crippen molar-refractivity contribution in [3.05, 3.63) is 17.0 Å². The quantitative estimate of drug-likeness (QED) is 0.845. The van der Waals surface area contributed by atoms with Crippen LogP contribution >= 0.6 is 22.0 Å². The zero-order valence-corrected chi connectivity index (χ0v) is 12.0. The van der Waals surface area contributed by atoms with Gasteiger partial charge in [0.05, 0.1) is 0 Å². The number of rotatable bonds is 5. The molecule has 1 rings (SSSR count). The first-order valence-corrected chi connectivity index (χ1v) is 8.24. The highest BCUT2D eigenvalue weighted by Crippen LogP contribution is 2.24. The Morgan fingerprint density at radius 2 is 2.12 bits per heavy atom. The maximum Gasteiger partial charge on any atom is 0.270 e. The molecule has 0 aliphatic carbocycles. The maximum atomic E-state index is 11.3. The minimum absolute atomic E-state index is 0.00764. The molecule has 0 bridgehead atoms. The second kappa shape index (κ2) is 5.84. The molecule has 0 unspecified atom stereocenters. The van der Waals surface area contributed by atoms with Crippen LogP contribution in [0.2, 0.25) is 0 Å². The molecule has 0 radical (unpaired) electrons. The molecule has 7 heteroatoms. The summed E-state index contributed by atoms with van der Waals surface area (Å²) in [6.45, 7) is 4.14. The molecule has 0 spiro atoms. The number of halogens is 1. The van der Waals surface area contributed by atoms with Crippen LogP contribution in [0.5, 0.6) is 0 Å². The van der Waals surface area contributed by atoms with E-state index in [1.54, 1.807) is 6.07 Å². The van der Waals surface area contributed by atoms with E-state index in [-0.39, 0.29) is 16.0 Å². The van der Waals surface area contributed by atoms with Gasteiger partial charge in [0.15, 0.2) is 0 Å². The first-order valence-electron chi connectivity index (χ1n) is 5.12. The molecule has 1 N–H and O–H groups in total. The van der Waals surface area contributed by atoms with Gasteiger partial charge in [0.1, 0.15) is 4.21 Å². The Labute approximate surface area is 109 Å². The third kappa shape index (κ3) is 4.65. The SMILES string of the molecule is CC(C)C(=O)NCCc1ccc(S(=O)(=O)Cl)s1. The van der Waals surface area contributed by atoms with Crippen molar-refractivity contribution >= 4 is 37.0 Å². The summed E-state index contributed by atoms with van der Waals surface area (Å²) in [5, 5.41) is 2.76. The number of nitrogens with one attached hydrogen (secondary N) is 1. The topological polar surface area (TPSA) is 63.2 Å². The largest absolute Gasteiger partial charge is 0.356 e. The summed E-state index contributed by atoms with van der Waals surface area (Å²) in [4.78, 5) is 12.2. The third-order valence-electron chi connectivity index (χ3n) is 2.07. The van der Waals surface area contributed by atoms with Crippen molar-refractivity contribution in [3.63, 3.8) is 0 Å². The molecule has 1 aromatic heterocycles. The minimum Gasteiger partial charge on any atom is -0.356 e. The average molecular weight is 296 g/mol. The fourth-order valence-corrected chi connectivity index (χ4v) is 3.26. The van der Waals surface area contributed by atoms with E-state index in [2.05, 4.69) is 5.32 Å². The summed E-state index contributed by atoms with van der Waals surface area (Å²) in [6.07, 6.45) is 0.607. The third-order valence-corrected chi connectivity index (χ3v) is 5.31. The van der Waals surface area contributed by atoms with Crippen LogP contribution in [0.1, 0.15) is 18.7 Å². The average Bonchev–Trinajstić information content (AvgIpc) is 2.65. The summed E-state index contributed by atoms with van der Waals surface area (Å²) in [5.41, 5.74) is 0. The molecule has 1 amide bonds. The lowest BCUT2D eigenvalue weighted by atomic mass is 10.2. The van der Waals surface area contributed by atoms with Gasteiger partial charge in [0.2, 0.25) is 5.91 Å². The highest BCUT2D eigenvalue weighted by molar-refractivity contribution is 8.15. The Kier molecular flexibility index (Phi) is 4.97. The first-order chi connectivity index (χ1) is 7.80. The molecule has 0 saturated heterocycles. The maximum absolute atomic E-state index is 11.3. The zero-order valence-electron chi connectivity index (χ0n) is 9.57. The van der Waals surface area contributed by atoms with Crippen molar-refractivity contribution in [3.8, 4) is 0 Å². The Morgan fingerprint density at radius 3 is 2.59 bits per heavy atom. The first kappa shape index (κ1) is 14.5. The Hall–Kier alpha value is -0.590. The van der Waals surface area contributed by atoms with Crippen molar-refractivity contribution in [1.82, 2.24) is 5.32 Å². The van der Waals surface area contributed by atoms with Crippen LogP contribution < -0.4 is 5.32 Å². The predicted molar refractivity (Wildman–Crippen MR) is 68.9 cm³/mol. The molecule has 0 aromatic carbocycles. The van der Waals surface area contributed by atoms with Gasteiger partial charge in [-0.05, 0) is 18.6 Å². The van der Waals surface area contributed by atoms with E-state index in [1.165, 1.54) is 6.07 Å². The molecule has 96 valence electrons. The van der Waals surface area contributed by atoms with Crippen molar-refractivity contribution in [2.75, 3.05) is 6.54 Å². The van der Waals surface area contributed by atoms with E-state index in [1.807, 2.05) is 13.8 Å². The number of thiophene rings is 1. The van der Waals surface area contributed by atoms with Gasteiger partial charge >= 0.3 is 0 Å². The van der Waals surface area contributed by atoms with Crippen molar-refractivity contribution < 1.29 is 13.2 Å². The zero-order chi connectivity index (χ0) is 13.1. The smallest absolute Gasteiger partial charge is 0.270 e. The minimum atomic E-state index is -3.63. The molecule has 1 heterocycles. The van der Waals surface area contributed by atoms with Crippen LogP contribution in [0.3, 0.4) is 0 Å². The van der Waals surface area contributed by atoms with Crippen LogP contribution in [0, 0.1) is 5.92 Å². The number of carbonyl (C=O) groups excluding carboxylic acids is 1. The molecule has 0 saturated carbocycles. The number of hydrogen-bond donors (Lipinski definition) is 1. The normalized spacial score (nSPS) is 11.8. The van der Waals surface area contributed by atoms with E-state index in [0.717, 1.165) is 16.2 Å². The molecule has 1 aromatic rings. The summed E-state index contributed by atoms with van der Waals surface area (Å²) < 4.78 is 22.2. The Balaban J connectivity index is 2.49. The molecule has 0 atom stereocenters. The lowest BCUT2D eigenvalue weighted by Gasteiger charge is -2.06. The van der Waals surface area contributed by atoms with E-state index >= 15 is 0 Å². The van der Waals surface area contributed by atoms with Crippen LogP contribution in [-0.4, -0.2) is 20.9 Å². The summed E-state index contributed by atoms with van der Waals surface area (Å²) in [5.74, 6) is -0.0520. The Morgan fingerprint density at radius 1 is 1.47 bits per heavy atom. The van der Waals surface area contributed by atoms with Gasteiger partial charge in [-0.1, -0.05) is 13.8 Å². The molecule has 17 heavy (non-hydrogen) atoms.